The van der Waals surface area contributed by atoms with Crippen molar-refractivity contribution in [2.24, 2.45) is 0 Å². The fraction of sp³-hybridized carbons (Fsp3) is 0.143. The molecule has 5 heteroatoms. The van der Waals surface area contributed by atoms with Crippen LogP contribution >= 0.6 is 15.9 Å². The molecule has 0 saturated heterocycles. The third-order valence-corrected chi connectivity index (χ3v) is 4.80. The Hall–Kier alpha value is -2.66. The topological polar surface area (TPSA) is 51.1 Å². The summed E-state index contributed by atoms with van der Waals surface area (Å²) in [5.41, 5.74) is 3.60. The molecule has 0 bridgehead atoms. The Morgan fingerprint density at radius 3 is 2.54 bits per heavy atom. The molecule has 1 amide bonds. The van der Waals surface area contributed by atoms with Gasteiger partial charge in [-0.05, 0) is 60.9 Å². The summed E-state index contributed by atoms with van der Waals surface area (Å²) in [4.78, 5) is 25.4. The molecule has 4 nitrogen and oxygen atoms in total. The van der Waals surface area contributed by atoms with E-state index in [1.165, 1.54) is 0 Å². The van der Waals surface area contributed by atoms with Crippen molar-refractivity contribution in [3.63, 3.8) is 0 Å². The molecule has 26 heavy (non-hydrogen) atoms. The number of aromatic nitrogens is 1. The van der Waals surface area contributed by atoms with Crippen molar-refractivity contribution >= 4 is 27.5 Å². The van der Waals surface area contributed by atoms with E-state index in [2.05, 4.69) is 21.2 Å². The van der Waals surface area contributed by atoms with Gasteiger partial charge in [0.05, 0.1) is 6.54 Å². The lowest BCUT2D eigenvalue weighted by Gasteiger charge is -2.11. The van der Waals surface area contributed by atoms with Gasteiger partial charge in [-0.25, -0.2) is 0 Å². The Morgan fingerprint density at radius 1 is 1.04 bits per heavy atom. The highest BCUT2D eigenvalue weighted by Crippen LogP contribution is 2.20. The van der Waals surface area contributed by atoms with Crippen LogP contribution in [0.25, 0.3) is 0 Å². The van der Waals surface area contributed by atoms with E-state index >= 15 is 0 Å². The van der Waals surface area contributed by atoms with E-state index in [1.807, 2.05) is 56.3 Å². The van der Waals surface area contributed by atoms with Gasteiger partial charge in [0.15, 0.2) is 0 Å². The number of nitrogens with one attached hydrogen (secondary N) is 1. The number of hydrogen-bond donors (Lipinski definition) is 1. The van der Waals surface area contributed by atoms with Gasteiger partial charge in [0.1, 0.15) is 5.56 Å². The fourth-order valence-corrected chi connectivity index (χ4v) is 3.24. The molecule has 132 valence electrons. The zero-order valence-corrected chi connectivity index (χ0v) is 16.2. The van der Waals surface area contributed by atoms with Gasteiger partial charge in [-0.3, -0.25) is 9.59 Å². The van der Waals surface area contributed by atoms with Crippen LogP contribution in [0.1, 0.15) is 27.0 Å². The number of amides is 1. The molecule has 0 unspecified atom stereocenters. The van der Waals surface area contributed by atoms with Crippen molar-refractivity contribution in [3.05, 3.63) is 97.9 Å². The Balaban J connectivity index is 1.88. The molecule has 1 N–H and O–H groups in total. The lowest BCUT2D eigenvalue weighted by atomic mass is 10.1. The summed E-state index contributed by atoms with van der Waals surface area (Å²) in [6.45, 7) is 4.35. The molecule has 0 aliphatic heterocycles. The second-order valence-electron chi connectivity index (χ2n) is 6.19. The number of carbonyl (C=O) groups excluding carboxylic acids is 1. The first kappa shape index (κ1) is 18.1. The summed E-state index contributed by atoms with van der Waals surface area (Å²) in [6.07, 6.45) is 1.70. The minimum atomic E-state index is -0.403. The van der Waals surface area contributed by atoms with E-state index in [9.17, 15) is 9.59 Å². The molecule has 0 fully saturated rings. The van der Waals surface area contributed by atoms with Gasteiger partial charge in [0.2, 0.25) is 0 Å². The van der Waals surface area contributed by atoms with Crippen molar-refractivity contribution in [2.45, 2.75) is 20.4 Å². The van der Waals surface area contributed by atoms with Crippen molar-refractivity contribution in [3.8, 4) is 0 Å². The largest absolute Gasteiger partial charge is 0.322 e. The summed E-state index contributed by atoms with van der Waals surface area (Å²) in [7, 11) is 0. The molecule has 3 rings (SSSR count). The highest BCUT2D eigenvalue weighted by Gasteiger charge is 2.14. The van der Waals surface area contributed by atoms with Crippen molar-refractivity contribution in [1.29, 1.82) is 0 Å². The van der Waals surface area contributed by atoms with Gasteiger partial charge in [-0.1, -0.05) is 40.2 Å². The normalized spacial score (nSPS) is 10.6. The smallest absolute Gasteiger partial charge is 0.263 e. The Labute approximate surface area is 160 Å². The lowest BCUT2D eigenvalue weighted by Crippen LogP contribution is -2.29. The van der Waals surface area contributed by atoms with Crippen molar-refractivity contribution < 1.29 is 4.79 Å². The quantitative estimate of drug-likeness (QED) is 0.686. The van der Waals surface area contributed by atoms with E-state index < -0.39 is 5.91 Å². The molecule has 0 spiro atoms. The predicted molar refractivity (Wildman–Crippen MR) is 108 cm³/mol. The maximum absolute atomic E-state index is 12.7. The lowest BCUT2D eigenvalue weighted by molar-refractivity contribution is 0.102. The van der Waals surface area contributed by atoms with Gasteiger partial charge in [0, 0.05) is 16.4 Å². The molecular weight excluding hydrogens is 392 g/mol. The molecule has 0 radical (unpaired) electrons. The number of hydrogen-bond acceptors (Lipinski definition) is 2. The molecular formula is C21H19BrN2O2. The molecule has 0 aliphatic rings. The van der Waals surface area contributed by atoms with Gasteiger partial charge < -0.3 is 9.88 Å². The number of anilines is 1. The number of rotatable bonds is 4. The zero-order valence-electron chi connectivity index (χ0n) is 14.6. The van der Waals surface area contributed by atoms with Crippen LogP contribution in [-0.4, -0.2) is 10.5 Å². The first-order valence-corrected chi connectivity index (χ1v) is 9.06. The maximum Gasteiger partial charge on any atom is 0.263 e. The number of carbonyl (C=O) groups is 1. The van der Waals surface area contributed by atoms with E-state index in [1.54, 1.807) is 22.9 Å². The van der Waals surface area contributed by atoms with Crippen LogP contribution < -0.4 is 10.9 Å². The summed E-state index contributed by atoms with van der Waals surface area (Å²) in [5.74, 6) is -0.403. The third-order valence-electron chi connectivity index (χ3n) is 4.30. The Bertz CT molecular complexity index is 1020. The molecule has 3 aromatic rings. The number of benzene rings is 2. The van der Waals surface area contributed by atoms with Gasteiger partial charge in [-0.2, -0.15) is 0 Å². The summed E-state index contributed by atoms with van der Waals surface area (Å²) in [5, 5.41) is 2.82. The van der Waals surface area contributed by atoms with Crippen LogP contribution in [0.3, 0.4) is 0 Å². The van der Waals surface area contributed by atoms with Gasteiger partial charge in [-0.15, -0.1) is 0 Å². The van der Waals surface area contributed by atoms with E-state index in [0.29, 0.717) is 12.2 Å². The van der Waals surface area contributed by atoms with Crippen molar-refractivity contribution in [2.75, 3.05) is 5.32 Å². The van der Waals surface area contributed by atoms with Gasteiger partial charge >= 0.3 is 0 Å². The van der Waals surface area contributed by atoms with E-state index in [0.717, 1.165) is 21.2 Å². The van der Waals surface area contributed by atoms with Crippen LogP contribution in [-0.2, 0) is 6.54 Å². The second kappa shape index (κ2) is 7.70. The molecule has 2 aromatic carbocycles. The van der Waals surface area contributed by atoms with Crippen LogP contribution in [0, 0.1) is 13.8 Å². The Kier molecular flexibility index (Phi) is 5.38. The third kappa shape index (κ3) is 3.94. The number of halogens is 1. The SMILES string of the molecule is Cc1ccccc1Cn1cccc(C(=O)Nc2ccc(Br)cc2C)c1=O. The van der Waals surface area contributed by atoms with Crippen LogP contribution in [0.4, 0.5) is 5.69 Å². The summed E-state index contributed by atoms with van der Waals surface area (Å²) >= 11 is 3.40. The molecule has 0 saturated carbocycles. The highest BCUT2D eigenvalue weighted by molar-refractivity contribution is 9.10. The average Bonchev–Trinajstić information content (AvgIpc) is 2.61. The minimum absolute atomic E-state index is 0.128. The summed E-state index contributed by atoms with van der Waals surface area (Å²) < 4.78 is 2.50. The summed E-state index contributed by atoms with van der Waals surface area (Å²) in [6, 6.07) is 16.8. The van der Waals surface area contributed by atoms with Crippen LogP contribution in [0.2, 0.25) is 0 Å². The van der Waals surface area contributed by atoms with E-state index in [4.69, 9.17) is 0 Å². The second-order valence-corrected chi connectivity index (χ2v) is 7.11. The first-order valence-electron chi connectivity index (χ1n) is 8.27. The fourth-order valence-electron chi connectivity index (χ4n) is 2.76. The predicted octanol–water partition coefficient (Wildman–Crippen LogP) is 4.53. The number of pyridine rings is 1. The molecule has 1 heterocycles. The van der Waals surface area contributed by atoms with Crippen molar-refractivity contribution in [1.82, 2.24) is 4.57 Å². The van der Waals surface area contributed by atoms with Gasteiger partial charge in [0.25, 0.3) is 11.5 Å². The Morgan fingerprint density at radius 2 is 1.81 bits per heavy atom. The van der Waals surface area contributed by atoms with Crippen LogP contribution in [0.15, 0.2) is 70.1 Å². The number of aryl methyl sites for hydroxylation is 2. The standard InChI is InChI=1S/C21H19BrN2O2/c1-14-6-3-4-7-16(14)13-24-11-5-8-18(21(24)26)20(25)23-19-10-9-17(22)12-15(19)2/h3-12H,13H2,1-2H3,(H,23,25). The maximum atomic E-state index is 12.7. The van der Waals surface area contributed by atoms with E-state index in [-0.39, 0.29) is 11.1 Å². The molecule has 1 aromatic heterocycles. The molecule has 0 atom stereocenters. The molecule has 0 aliphatic carbocycles. The highest BCUT2D eigenvalue weighted by atomic mass is 79.9. The van der Waals surface area contributed by atoms with Crippen LogP contribution in [0.5, 0.6) is 0 Å². The first-order chi connectivity index (χ1) is 12.5. The monoisotopic (exact) mass is 410 g/mol. The zero-order chi connectivity index (χ0) is 18.7. The minimum Gasteiger partial charge on any atom is -0.322 e. The number of nitrogens with zero attached hydrogens (tertiary/aromatic N) is 1. The average molecular weight is 411 g/mol.